The Morgan fingerprint density at radius 3 is 2.74 bits per heavy atom. The van der Waals surface area contributed by atoms with Crippen LogP contribution in [0.3, 0.4) is 0 Å². The molecular weight excluding hydrogens is 350 g/mol. The minimum Gasteiger partial charge on any atom is -0.493 e. The molecule has 3 amide bonds. The highest BCUT2D eigenvalue weighted by atomic mass is 16.5. The quantitative estimate of drug-likeness (QED) is 0.813. The molecule has 0 spiro atoms. The first-order valence-corrected chi connectivity index (χ1v) is 9.04. The van der Waals surface area contributed by atoms with Gasteiger partial charge in [-0.2, -0.15) is 0 Å². The van der Waals surface area contributed by atoms with E-state index in [0.717, 1.165) is 25.0 Å². The number of benzene rings is 1. The Morgan fingerprint density at radius 2 is 2.04 bits per heavy atom. The lowest BCUT2D eigenvalue weighted by atomic mass is 9.96. The van der Waals surface area contributed by atoms with Crippen LogP contribution < -0.4 is 20.1 Å². The molecule has 3 aliphatic rings. The second-order valence-electron chi connectivity index (χ2n) is 6.86. The monoisotopic (exact) mass is 373 g/mol. The Morgan fingerprint density at radius 1 is 1.22 bits per heavy atom. The predicted octanol–water partition coefficient (Wildman–Crippen LogP) is 1.33. The molecule has 1 aromatic carbocycles. The molecule has 1 saturated heterocycles. The average Bonchev–Trinajstić information content (AvgIpc) is 3.29. The van der Waals surface area contributed by atoms with Gasteiger partial charge in [-0.05, 0) is 30.5 Å². The van der Waals surface area contributed by atoms with Crippen molar-refractivity contribution in [2.45, 2.75) is 25.0 Å². The zero-order valence-electron chi connectivity index (χ0n) is 15.4. The van der Waals surface area contributed by atoms with Crippen molar-refractivity contribution in [1.29, 1.82) is 0 Å². The Kier molecular flexibility index (Phi) is 4.65. The minimum atomic E-state index is -0.532. The van der Waals surface area contributed by atoms with E-state index < -0.39 is 6.04 Å². The summed E-state index contributed by atoms with van der Waals surface area (Å²) in [5.74, 6) is 1.06. The Hall–Kier alpha value is -2.74. The number of methoxy groups -OCH3 is 2. The molecule has 1 aromatic rings. The number of nitrogens with zero attached hydrogens (tertiary/aromatic N) is 1. The van der Waals surface area contributed by atoms with Crippen molar-refractivity contribution in [3.63, 3.8) is 0 Å². The molecule has 2 N–H and O–H groups in total. The van der Waals surface area contributed by atoms with Crippen LogP contribution in [0, 0.1) is 0 Å². The maximum Gasteiger partial charge on any atom is 0.319 e. The fourth-order valence-electron chi connectivity index (χ4n) is 3.89. The first-order valence-electron chi connectivity index (χ1n) is 9.04. The second-order valence-corrected chi connectivity index (χ2v) is 6.86. The van der Waals surface area contributed by atoms with Gasteiger partial charge in [0.05, 0.1) is 44.2 Å². The van der Waals surface area contributed by atoms with Crippen LogP contribution in [0.25, 0.3) is 0 Å². The lowest BCUT2D eigenvalue weighted by molar-refractivity contribution is -0.127. The van der Waals surface area contributed by atoms with Gasteiger partial charge in [0, 0.05) is 13.2 Å². The molecule has 0 radical (unpaired) electrons. The highest BCUT2D eigenvalue weighted by molar-refractivity contribution is 6.01. The van der Waals surface area contributed by atoms with Crippen LogP contribution in [0.5, 0.6) is 11.5 Å². The molecule has 0 unspecified atom stereocenters. The van der Waals surface area contributed by atoms with Crippen LogP contribution in [0.2, 0.25) is 0 Å². The smallest absolute Gasteiger partial charge is 0.319 e. The van der Waals surface area contributed by atoms with Crippen LogP contribution in [0.4, 0.5) is 4.79 Å². The van der Waals surface area contributed by atoms with Crippen molar-refractivity contribution < 1.29 is 23.8 Å². The molecule has 0 saturated carbocycles. The molecular formula is C19H23N3O5. The normalized spacial score (nSPS) is 24.6. The molecule has 3 heterocycles. The third-order valence-electron chi connectivity index (χ3n) is 5.21. The maximum absolute atomic E-state index is 13.1. The lowest BCUT2D eigenvalue weighted by Gasteiger charge is -2.26. The van der Waals surface area contributed by atoms with Crippen molar-refractivity contribution >= 4 is 11.9 Å². The molecule has 8 nitrogen and oxygen atoms in total. The first-order chi connectivity index (χ1) is 13.1. The number of rotatable bonds is 5. The van der Waals surface area contributed by atoms with E-state index in [1.807, 2.05) is 6.07 Å². The lowest BCUT2D eigenvalue weighted by Crippen LogP contribution is -2.44. The second kappa shape index (κ2) is 7.11. The number of nitrogens with one attached hydrogen (secondary N) is 2. The largest absolute Gasteiger partial charge is 0.493 e. The summed E-state index contributed by atoms with van der Waals surface area (Å²) in [5, 5.41) is 5.64. The number of amides is 3. The van der Waals surface area contributed by atoms with Crippen molar-refractivity contribution in [2.24, 2.45) is 0 Å². The van der Waals surface area contributed by atoms with Crippen LogP contribution in [-0.4, -0.2) is 56.9 Å². The van der Waals surface area contributed by atoms with Gasteiger partial charge >= 0.3 is 6.03 Å². The summed E-state index contributed by atoms with van der Waals surface area (Å²) in [6, 6.07) is 4.54. The summed E-state index contributed by atoms with van der Waals surface area (Å²) in [7, 11) is 3.12. The van der Waals surface area contributed by atoms with E-state index in [4.69, 9.17) is 14.2 Å². The average molecular weight is 373 g/mol. The van der Waals surface area contributed by atoms with Gasteiger partial charge in [-0.1, -0.05) is 6.07 Å². The van der Waals surface area contributed by atoms with Crippen LogP contribution in [-0.2, 0) is 9.53 Å². The zero-order valence-corrected chi connectivity index (χ0v) is 15.4. The highest BCUT2D eigenvalue weighted by Crippen LogP contribution is 2.36. The van der Waals surface area contributed by atoms with Crippen LogP contribution in [0.15, 0.2) is 29.5 Å². The molecule has 0 aromatic heterocycles. The van der Waals surface area contributed by atoms with Gasteiger partial charge in [-0.15, -0.1) is 0 Å². The SMILES string of the molecule is COc1ccc([C@@H]2NC(=O)NC3=C2C(=O)N(C[C@@H]2CCCO2)C3)cc1OC. The van der Waals surface area contributed by atoms with Crippen molar-refractivity contribution in [2.75, 3.05) is 33.9 Å². The molecule has 144 valence electrons. The molecule has 8 heteroatoms. The number of urea groups is 1. The van der Waals surface area contributed by atoms with Crippen molar-refractivity contribution in [1.82, 2.24) is 15.5 Å². The Labute approximate surface area is 157 Å². The van der Waals surface area contributed by atoms with E-state index in [2.05, 4.69) is 10.6 Å². The molecule has 3 aliphatic heterocycles. The third kappa shape index (κ3) is 3.21. The molecule has 2 atom stereocenters. The number of hydrogen-bond donors (Lipinski definition) is 2. The van der Waals surface area contributed by atoms with E-state index >= 15 is 0 Å². The van der Waals surface area contributed by atoms with Gasteiger partial charge in [0.1, 0.15) is 0 Å². The summed E-state index contributed by atoms with van der Waals surface area (Å²) >= 11 is 0. The topological polar surface area (TPSA) is 89.1 Å². The molecule has 1 fully saturated rings. The number of carbonyl (C=O) groups excluding carboxylic acids is 2. The molecule has 27 heavy (non-hydrogen) atoms. The fraction of sp³-hybridized carbons (Fsp3) is 0.474. The minimum absolute atomic E-state index is 0.0681. The Balaban J connectivity index is 1.62. The summed E-state index contributed by atoms with van der Waals surface area (Å²) in [5.41, 5.74) is 1.99. The molecule has 4 rings (SSSR count). The summed E-state index contributed by atoms with van der Waals surface area (Å²) in [6.45, 7) is 1.68. The van der Waals surface area contributed by atoms with Crippen molar-refractivity contribution in [3.05, 3.63) is 35.0 Å². The van der Waals surface area contributed by atoms with Gasteiger partial charge in [-0.25, -0.2) is 4.79 Å². The molecule has 0 bridgehead atoms. The fourth-order valence-corrected chi connectivity index (χ4v) is 3.89. The van der Waals surface area contributed by atoms with Crippen LogP contribution in [0.1, 0.15) is 24.4 Å². The Bertz CT molecular complexity index is 801. The summed E-state index contributed by atoms with van der Waals surface area (Å²) in [4.78, 5) is 27.0. The van der Waals surface area contributed by atoms with Gasteiger partial charge in [0.15, 0.2) is 11.5 Å². The van der Waals surface area contributed by atoms with Gasteiger partial charge in [-0.3, -0.25) is 4.79 Å². The highest BCUT2D eigenvalue weighted by Gasteiger charge is 2.41. The number of carbonyl (C=O) groups is 2. The van der Waals surface area contributed by atoms with Gasteiger partial charge in [0.25, 0.3) is 5.91 Å². The number of ether oxygens (including phenoxy) is 3. The standard InChI is InChI=1S/C19H23N3O5/c1-25-14-6-5-11(8-15(14)26-2)17-16-13(20-19(24)21-17)10-22(18(16)23)9-12-4-3-7-27-12/h5-6,8,12,17H,3-4,7,9-10H2,1-2H3,(H2,20,21,24)/t12-,17-/m0/s1. The third-order valence-corrected chi connectivity index (χ3v) is 5.21. The van der Waals surface area contributed by atoms with Gasteiger partial charge < -0.3 is 29.7 Å². The summed E-state index contributed by atoms with van der Waals surface area (Å²) in [6.07, 6.45) is 2.04. The first kappa shape index (κ1) is 17.7. The zero-order chi connectivity index (χ0) is 19.0. The predicted molar refractivity (Wildman–Crippen MR) is 96.5 cm³/mol. The van der Waals surface area contributed by atoms with E-state index in [0.29, 0.717) is 35.9 Å². The number of hydrogen-bond acceptors (Lipinski definition) is 5. The van der Waals surface area contributed by atoms with Crippen molar-refractivity contribution in [3.8, 4) is 11.5 Å². The van der Waals surface area contributed by atoms with E-state index in [1.54, 1.807) is 31.3 Å². The van der Waals surface area contributed by atoms with E-state index in [-0.39, 0.29) is 18.0 Å². The van der Waals surface area contributed by atoms with E-state index in [1.165, 1.54) is 0 Å². The van der Waals surface area contributed by atoms with Gasteiger partial charge in [0.2, 0.25) is 0 Å². The van der Waals surface area contributed by atoms with Crippen LogP contribution >= 0.6 is 0 Å². The maximum atomic E-state index is 13.1. The molecule has 0 aliphatic carbocycles. The van der Waals surface area contributed by atoms with E-state index in [9.17, 15) is 9.59 Å². The summed E-state index contributed by atoms with van der Waals surface area (Å²) < 4.78 is 16.3.